The Hall–Kier alpha value is -2.31. The summed E-state index contributed by atoms with van der Waals surface area (Å²) in [6.45, 7) is 0.901. The Labute approximate surface area is 119 Å². The number of hydrogen-bond donors (Lipinski definition) is 1. The molecule has 0 saturated carbocycles. The number of oxazole rings is 1. The minimum Gasteiger partial charge on any atom is -0.438 e. The van der Waals surface area contributed by atoms with Gasteiger partial charge in [-0.05, 0) is 18.1 Å². The van der Waals surface area contributed by atoms with Crippen molar-refractivity contribution in [2.75, 3.05) is 6.67 Å². The Kier molecular flexibility index (Phi) is 4.62. The van der Waals surface area contributed by atoms with Crippen LogP contribution in [0.25, 0.3) is 0 Å². The number of rotatable bonds is 5. The highest BCUT2D eigenvalue weighted by molar-refractivity contribution is 5.92. The van der Waals surface area contributed by atoms with Gasteiger partial charge in [-0.3, -0.25) is 4.79 Å². The summed E-state index contributed by atoms with van der Waals surface area (Å²) in [7, 11) is 0. The number of nitrogens with zero attached hydrogens (tertiary/aromatic N) is 1. The molecule has 21 heavy (non-hydrogen) atoms. The molecule has 1 aromatic carbocycles. The average Bonchev–Trinajstić information content (AvgIpc) is 2.95. The third kappa shape index (κ3) is 3.24. The van der Waals surface area contributed by atoms with Crippen molar-refractivity contribution in [1.82, 2.24) is 10.3 Å². The molecule has 0 radical (unpaired) electrons. The standard InChI is InChI=1S/C14H13F3N2O2/c1-8-4-2-3-5-9(8)10(6-15)19-14(20)12-11(13(16)17)18-7-21-12/h2-5,7,10,13H,6H2,1H3,(H,19,20). The number of amides is 1. The normalized spacial score (nSPS) is 12.4. The van der Waals surface area contributed by atoms with E-state index in [-0.39, 0.29) is 0 Å². The average molecular weight is 298 g/mol. The van der Waals surface area contributed by atoms with Crippen LogP contribution in [0, 0.1) is 6.92 Å². The second kappa shape index (κ2) is 6.43. The van der Waals surface area contributed by atoms with Gasteiger partial charge in [0.1, 0.15) is 6.67 Å². The van der Waals surface area contributed by atoms with Crippen molar-refractivity contribution in [3.8, 4) is 0 Å². The molecule has 2 aromatic rings. The molecule has 4 nitrogen and oxygen atoms in total. The highest BCUT2D eigenvalue weighted by Crippen LogP contribution is 2.23. The van der Waals surface area contributed by atoms with Crippen molar-refractivity contribution in [1.29, 1.82) is 0 Å². The second-order valence-corrected chi connectivity index (χ2v) is 4.40. The van der Waals surface area contributed by atoms with E-state index in [4.69, 9.17) is 0 Å². The van der Waals surface area contributed by atoms with Crippen LogP contribution in [0.2, 0.25) is 0 Å². The molecule has 0 fully saturated rings. The molecule has 1 amide bonds. The summed E-state index contributed by atoms with van der Waals surface area (Å²) >= 11 is 0. The maximum atomic E-state index is 13.2. The molecule has 0 bridgehead atoms. The van der Waals surface area contributed by atoms with E-state index in [9.17, 15) is 18.0 Å². The minimum atomic E-state index is -2.94. The van der Waals surface area contributed by atoms with Crippen molar-refractivity contribution in [2.24, 2.45) is 0 Å². The number of nitrogens with one attached hydrogen (secondary N) is 1. The van der Waals surface area contributed by atoms with Gasteiger partial charge in [-0.1, -0.05) is 24.3 Å². The first-order valence-electron chi connectivity index (χ1n) is 6.18. The van der Waals surface area contributed by atoms with Crippen molar-refractivity contribution < 1.29 is 22.4 Å². The third-order valence-electron chi connectivity index (χ3n) is 3.03. The minimum absolute atomic E-state index is 0.575. The molecule has 1 N–H and O–H groups in total. The van der Waals surface area contributed by atoms with E-state index in [1.807, 2.05) is 0 Å². The zero-order valence-corrected chi connectivity index (χ0v) is 11.1. The lowest BCUT2D eigenvalue weighted by Gasteiger charge is -2.17. The van der Waals surface area contributed by atoms with Gasteiger partial charge in [-0.15, -0.1) is 0 Å². The van der Waals surface area contributed by atoms with E-state index in [1.165, 1.54) is 0 Å². The van der Waals surface area contributed by atoms with Crippen LogP contribution in [0.5, 0.6) is 0 Å². The number of alkyl halides is 3. The van der Waals surface area contributed by atoms with Gasteiger partial charge >= 0.3 is 0 Å². The van der Waals surface area contributed by atoms with Crippen LogP contribution in [0.1, 0.15) is 39.8 Å². The summed E-state index contributed by atoms with van der Waals surface area (Å²) in [4.78, 5) is 15.2. The van der Waals surface area contributed by atoms with E-state index < -0.39 is 36.5 Å². The SMILES string of the molecule is Cc1ccccc1C(CF)NC(=O)c1ocnc1C(F)F. The maximum Gasteiger partial charge on any atom is 0.289 e. The monoisotopic (exact) mass is 298 g/mol. The van der Waals surface area contributed by atoms with E-state index in [1.54, 1.807) is 31.2 Å². The number of benzene rings is 1. The Morgan fingerprint density at radius 2 is 2.10 bits per heavy atom. The largest absolute Gasteiger partial charge is 0.438 e. The highest BCUT2D eigenvalue weighted by Gasteiger charge is 2.26. The number of aryl methyl sites for hydroxylation is 1. The van der Waals surface area contributed by atoms with Gasteiger partial charge < -0.3 is 9.73 Å². The first-order valence-corrected chi connectivity index (χ1v) is 6.18. The molecule has 0 saturated heterocycles. The molecular weight excluding hydrogens is 285 g/mol. The molecule has 1 atom stereocenters. The van der Waals surface area contributed by atoms with Gasteiger partial charge in [0, 0.05) is 0 Å². The quantitative estimate of drug-likeness (QED) is 0.921. The van der Waals surface area contributed by atoms with Crippen molar-refractivity contribution in [3.05, 3.63) is 53.2 Å². The van der Waals surface area contributed by atoms with E-state index in [0.717, 1.165) is 12.0 Å². The summed E-state index contributed by atoms with van der Waals surface area (Å²) in [6, 6.07) is 5.98. The van der Waals surface area contributed by atoms with Crippen molar-refractivity contribution in [3.63, 3.8) is 0 Å². The Morgan fingerprint density at radius 3 is 2.71 bits per heavy atom. The number of carbonyl (C=O) groups is 1. The molecule has 0 aliphatic carbocycles. The van der Waals surface area contributed by atoms with E-state index >= 15 is 0 Å². The van der Waals surface area contributed by atoms with Gasteiger partial charge in [0.2, 0.25) is 5.76 Å². The van der Waals surface area contributed by atoms with Gasteiger partial charge in [0.05, 0.1) is 6.04 Å². The number of hydrogen-bond acceptors (Lipinski definition) is 3. The Balaban J connectivity index is 2.21. The predicted molar refractivity (Wildman–Crippen MR) is 68.8 cm³/mol. The van der Waals surface area contributed by atoms with Crippen LogP contribution < -0.4 is 5.32 Å². The molecule has 1 heterocycles. The lowest BCUT2D eigenvalue weighted by molar-refractivity contribution is 0.0883. The van der Waals surface area contributed by atoms with Crippen LogP contribution in [-0.4, -0.2) is 17.6 Å². The molecule has 112 valence electrons. The van der Waals surface area contributed by atoms with Crippen LogP contribution in [0.3, 0.4) is 0 Å². The summed E-state index contributed by atoms with van der Waals surface area (Å²) < 4.78 is 43.2. The lowest BCUT2D eigenvalue weighted by atomic mass is 10.0. The summed E-state index contributed by atoms with van der Waals surface area (Å²) in [5.74, 6) is -1.52. The van der Waals surface area contributed by atoms with Crippen LogP contribution >= 0.6 is 0 Å². The van der Waals surface area contributed by atoms with E-state index in [2.05, 4.69) is 14.7 Å². The Bertz CT molecular complexity index is 628. The first-order chi connectivity index (χ1) is 10.0. The second-order valence-electron chi connectivity index (χ2n) is 4.40. The van der Waals surface area contributed by atoms with E-state index in [0.29, 0.717) is 5.56 Å². The predicted octanol–water partition coefficient (Wildman–Crippen LogP) is 3.36. The van der Waals surface area contributed by atoms with Gasteiger partial charge in [0.25, 0.3) is 12.3 Å². The fourth-order valence-electron chi connectivity index (χ4n) is 1.98. The number of aromatic nitrogens is 1. The zero-order chi connectivity index (χ0) is 15.4. The smallest absolute Gasteiger partial charge is 0.289 e. The van der Waals surface area contributed by atoms with Gasteiger partial charge in [-0.25, -0.2) is 18.2 Å². The summed E-state index contributed by atoms with van der Waals surface area (Å²) in [5, 5.41) is 2.34. The lowest BCUT2D eigenvalue weighted by Crippen LogP contribution is -2.30. The fourth-order valence-corrected chi connectivity index (χ4v) is 1.98. The number of carbonyl (C=O) groups excluding carboxylic acids is 1. The maximum absolute atomic E-state index is 13.2. The highest BCUT2D eigenvalue weighted by atomic mass is 19.3. The van der Waals surface area contributed by atoms with Crippen molar-refractivity contribution >= 4 is 5.91 Å². The van der Waals surface area contributed by atoms with Gasteiger partial charge in [-0.2, -0.15) is 0 Å². The number of halogens is 3. The van der Waals surface area contributed by atoms with Crippen LogP contribution in [-0.2, 0) is 0 Å². The van der Waals surface area contributed by atoms with Crippen LogP contribution in [0.15, 0.2) is 35.1 Å². The van der Waals surface area contributed by atoms with Crippen LogP contribution in [0.4, 0.5) is 13.2 Å². The third-order valence-corrected chi connectivity index (χ3v) is 3.03. The Morgan fingerprint density at radius 1 is 1.38 bits per heavy atom. The first kappa shape index (κ1) is 15.1. The van der Waals surface area contributed by atoms with Gasteiger partial charge in [0.15, 0.2) is 12.1 Å². The molecule has 1 unspecified atom stereocenters. The molecule has 0 aliphatic heterocycles. The topological polar surface area (TPSA) is 55.1 Å². The molecule has 7 heteroatoms. The molecule has 0 aliphatic rings. The summed E-state index contributed by atoms with van der Waals surface area (Å²) in [5.41, 5.74) is 0.605. The summed E-state index contributed by atoms with van der Waals surface area (Å²) in [6.07, 6.45) is -2.18. The zero-order valence-electron chi connectivity index (χ0n) is 11.1. The van der Waals surface area contributed by atoms with Crippen molar-refractivity contribution in [2.45, 2.75) is 19.4 Å². The molecular formula is C14H13F3N2O2. The molecule has 0 spiro atoms. The fraction of sp³-hybridized carbons (Fsp3) is 0.286. The molecule has 1 aromatic heterocycles. The molecule has 2 rings (SSSR count).